The number of hydrogen-bond acceptors (Lipinski definition) is 2. The summed E-state index contributed by atoms with van der Waals surface area (Å²) in [7, 11) is 0. The van der Waals surface area contributed by atoms with Crippen LogP contribution >= 0.6 is 0 Å². The van der Waals surface area contributed by atoms with Crippen molar-refractivity contribution in [2.75, 3.05) is 6.54 Å². The van der Waals surface area contributed by atoms with Gasteiger partial charge in [0.25, 0.3) is 5.91 Å². The summed E-state index contributed by atoms with van der Waals surface area (Å²) >= 11 is 0. The molecule has 20 heavy (non-hydrogen) atoms. The maximum atomic E-state index is 12.8. The Morgan fingerprint density at radius 2 is 1.95 bits per heavy atom. The van der Waals surface area contributed by atoms with Crippen LogP contribution in [0, 0.1) is 11.3 Å². The van der Waals surface area contributed by atoms with Gasteiger partial charge in [-0.05, 0) is 29.7 Å². The predicted molar refractivity (Wildman–Crippen MR) is 78.2 cm³/mol. The summed E-state index contributed by atoms with van der Waals surface area (Å²) in [5.74, 6) is 0.0551. The van der Waals surface area contributed by atoms with Gasteiger partial charge in [-0.15, -0.1) is 0 Å². The quantitative estimate of drug-likeness (QED) is 0.850. The highest BCUT2D eigenvalue weighted by molar-refractivity contribution is 6.07. The van der Waals surface area contributed by atoms with Crippen molar-refractivity contribution in [3.63, 3.8) is 0 Å². The minimum absolute atomic E-state index is 0.0551. The Bertz CT molecular complexity index is 677. The third kappa shape index (κ3) is 2.37. The van der Waals surface area contributed by atoms with Crippen LogP contribution in [0.2, 0.25) is 0 Å². The van der Waals surface area contributed by atoms with Crippen LogP contribution in [0.15, 0.2) is 42.5 Å². The molecule has 1 fully saturated rings. The van der Waals surface area contributed by atoms with Gasteiger partial charge in [0, 0.05) is 18.2 Å². The first kappa shape index (κ1) is 12.7. The number of hydrogen-bond donors (Lipinski definition) is 0. The van der Waals surface area contributed by atoms with Crippen molar-refractivity contribution in [3.8, 4) is 6.07 Å². The second kappa shape index (κ2) is 5.34. The Kier molecular flexibility index (Phi) is 3.39. The molecule has 1 aliphatic carbocycles. The number of carbonyl (C=O) groups is 1. The zero-order valence-corrected chi connectivity index (χ0v) is 11.2. The van der Waals surface area contributed by atoms with Crippen LogP contribution in [-0.2, 0) is 0 Å². The van der Waals surface area contributed by atoms with E-state index in [-0.39, 0.29) is 5.91 Å². The first-order chi connectivity index (χ1) is 9.81. The number of nitrogens with zero attached hydrogens (tertiary/aromatic N) is 2. The largest absolute Gasteiger partial charge is 0.335 e. The van der Waals surface area contributed by atoms with Gasteiger partial charge in [-0.25, -0.2) is 0 Å². The van der Waals surface area contributed by atoms with E-state index in [1.54, 1.807) is 0 Å². The molecule has 3 nitrogen and oxygen atoms in total. The molecule has 1 saturated carbocycles. The van der Waals surface area contributed by atoms with Crippen molar-refractivity contribution in [2.45, 2.75) is 25.3 Å². The summed E-state index contributed by atoms with van der Waals surface area (Å²) in [6, 6.07) is 16.2. The summed E-state index contributed by atoms with van der Waals surface area (Å²) in [6.07, 6.45) is 2.51. The molecule has 0 N–H and O–H groups in total. The van der Waals surface area contributed by atoms with Gasteiger partial charge in [-0.1, -0.05) is 36.4 Å². The number of nitriles is 1. The van der Waals surface area contributed by atoms with E-state index in [0.29, 0.717) is 19.0 Å². The Labute approximate surface area is 118 Å². The Morgan fingerprint density at radius 3 is 2.70 bits per heavy atom. The predicted octanol–water partition coefficient (Wildman–Crippen LogP) is 3.36. The second-order valence-corrected chi connectivity index (χ2v) is 5.16. The van der Waals surface area contributed by atoms with E-state index in [2.05, 4.69) is 6.07 Å². The van der Waals surface area contributed by atoms with Crippen molar-refractivity contribution in [2.24, 2.45) is 0 Å². The summed E-state index contributed by atoms with van der Waals surface area (Å²) < 4.78 is 0. The fraction of sp³-hybridized carbons (Fsp3) is 0.294. The third-order valence-corrected chi connectivity index (χ3v) is 3.73. The molecular weight excluding hydrogens is 248 g/mol. The van der Waals surface area contributed by atoms with Crippen molar-refractivity contribution >= 4 is 16.7 Å². The van der Waals surface area contributed by atoms with Crippen LogP contribution in [0.4, 0.5) is 0 Å². The third-order valence-electron chi connectivity index (χ3n) is 3.73. The minimum Gasteiger partial charge on any atom is -0.335 e. The molecule has 0 aromatic heterocycles. The van der Waals surface area contributed by atoms with Crippen LogP contribution in [0.1, 0.15) is 29.6 Å². The van der Waals surface area contributed by atoms with Gasteiger partial charge in [-0.2, -0.15) is 5.26 Å². The molecule has 0 aliphatic heterocycles. The lowest BCUT2D eigenvalue weighted by Crippen LogP contribution is -2.34. The summed E-state index contributed by atoms with van der Waals surface area (Å²) in [5, 5.41) is 10.8. The lowest BCUT2D eigenvalue weighted by Gasteiger charge is -2.22. The molecule has 0 spiro atoms. The summed E-state index contributed by atoms with van der Waals surface area (Å²) in [4.78, 5) is 14.6. The zero-order chi connectivity index (χ0) is 13.9. The number of rotatable bonds is 4. The normalized spacial score (nSPS) is 13.9. The van der Waals surface area contributed by atoms with Gasteiger partial charge >= 0.3 is 0 Å². The number of benzene rings is 2. The van der Waals surface area contributed by atoms with Crippen LogP contribution in [0.5, 0.6) is 0 Å². The molecule has 1 amide bonds. The Balaban J connectivity index is 1.96. The SMILES string of the molecule is N#CCCN(C(=O)c1cccc2ccccc12)C1CC1. The lowest BCUT2D eigenvalue weighted by atomic mass is 10.0. The molecule has 0 radical (unpaired) electrons. The van der Waals surface area contributed by atoms with Gasteiger partial charge < -0.3 is 4.90 Å². The van der Waals surface area contributed by atoms with E-state index in [9.17, 15) is 4.79 Å². The van der Waals surface area contributed by atoms with Gasteiger partial charge in [0.15, 0.2) is 0 Å². The lowest BCUT2D eigenvalue weighted by molar-refractivity contribution is 0.0749. The molecule has 100 valence electrons. The van der Waals surface area contributed by atoms with Crippen LogP contribution in [0.25, 0.3) is 10.8 Å². The molecule has 2 aromatic rings. The van der Waals surface area contributed by atoms with Crippen molar-refractivity contribution in [1.82, 2.24) is 4.90 Å². The topological polar surface area (TPSA) is 44.1 Å². The first-order valence-corrected chi connectivity index (χ1v) is 6.97. The van der Waals surface area contributed by atoms with Gasteiger partial charge in [0.05, 0.1) is 12.5 Å². The number of amides is 1. The Morgan fingerprint density at radius 1 is 1.20 bits per heavy atom. The molecule has 1 aliphatic rings. The first-order valence-electron chi connectivity index (χ1n) is 6.97. The minimum atomic E-state index is 0.0551. The van der Waals surface area contributed by atoms with E-state index >= 15 is 0 Å². The monoisotopic (exact) mass is 264 g/mol. The summed E-state index contributed by atoms with van der Waals surface area (Å²) in [5.41, 5.74) is 0.743. The zero-order valence-electron chi connectivity index (χ0n) is 11.2. The van der Waals surface area contributed by atoms with E-state index < -0.39 is 0 Å². The van der Waals surface area contributed by atoms with Gasteiger partial charge in [0.1, 0.15) is 0 Å². The average molecular weight is 264 g/mol. The summed E-state index contributed by atoms with van der Waals surface area (Å²) in [6.45, 7) is 0.531. The maximum absolute atomic E-state index is 12.8. The van der Waals surface area contributed by atoms with E-state index in [1.165, 1.54) is 0 Å². The molecular formula is C17H16N2O. The molecule has 0 atom stereocenters. The van der Waals surface area contributed by atoms with Crippen LogP contribution in [0.3, 0.4) is 0 Å². The van der Waals surface area contributed by atoms with Crippen molar-refractivity contribution in [1.29, 1.82) is 5.26 Å². The van der Waals surface area contributed by atoms with Crippen LogP contribution in [-0.4, -0.2) is 23.4 Å². The maximum Gasteiger partial charge on any atom is 0.254 e. The van der Waals surface area contributed by atoms with Gasteiger partial charge in [0.2, 0.25) is 0 Å². The van der Waals surface area contributed by atoms with Crippen LogP contribution < -0.4 is 0 Å². The highest BCUT2D eigenvalue weighted by Crippen LogP contribution is 2.30. The fourth-order valence-corrected chi connectivity index (χ4v) is 2.57. The highest BCUT2D eigenvalue weighted by Gasteiger charge is 2.33. The van der Waals surface area contributed by atoms with E-state index in [1.807, 2.05) is 47.4 Å². The number of fused-ring (bicyclic) bond motifs is 1. The standard InChI is InChI=1S/C17H16N2O/c18-11-4-12-19(14-9-10-14)17(20)16-8-3-6-13-5-1-2-7-15(13)16/h1-3,5-8,14H,4,9-10,12H2. The molecule has 2 aromatic carbocycles. The fourth-order valence-electron chi connectivity index (χ4n) is 2.57. The molecule has 3 heteroatoms. The van der Waals surface area contributed by atoms with Gasteiger partial charge in [-0.3, -0.25) is 4.79 Å². The molecule has 3 rings (SSSR count). The van der Waals surface area contributed by atoms with Crippen molar-refractivity contribution < 1.29 is 4.79 Å². The molecule has 0 heterocycles. The Hall–Kier alpha value is -2.34. The molecule has 0 saturated heterocycles. The average Bonchev–Trinajstić information content (AvgIpc) is 3.31. The smallest absolute Gasteiger partial charge is 0.254 e. The highest BCUT2D eigenvalue weighted by atomic mass is 16.2. The number of carbonyl (C=O) groups excluding carboxylic acids is 1. The van der Waals surface area contributed by atoms with E-state index in [4.69, 9.17) is 5.26 Å². The van der Waals surface area contributed by atoms with E-state index in [0.717, 1.165) is 29.2 Å². The second-order valence-electron chi connectivity index (χ2n) is 5.16. The molecule has 0 unspecified atom stereocenters. The molecule has 0 bridgehead atoms. The van der Waals surface area contributed by atoms with Crippen molar-refractivity contribution in [3.05, 3.63) is 48.0 Å².